The Hall–Kier alpha value is -3.09. The highest BCUT2D eigenvalue weighted by atomic mass is 16.5. The van der Waals surface area contributed by atoms with E-state index >= 15 is 0 Å². The van der Waals surface area contributed by atoms with Crippen LogP contribution in [-0.2, 0) is 6.42 Å². The Kier molecular flexibility index (Phi) is 4.37. The zero-order valence-corrected chi connectivity index (χ0v) is 12.6. The molecule has 0 radical (unpaired) electrons. The van der Waals surface area contributed by atoms with Gasteiger partial charge in [0.15, 0.2) is 0 Å². The lowest BCUT2D eigenvalue weighted by atomic mass is 10.2. The fraction of sp³-hybridized carbons (Fsp3) is 0.188. The Morgan fingerprint density at radius 1 is 1.22 bits per heavy atom. The maximum atomic E-state index is 12.1. The highest BCUT2D eigenvalue weighted by Gasteiger charge is 2.09. The van der Waals surface area contributed by atoms with Crippen molar-refractivity contribution >= 4 is 11.6 Å². The molecule has 0 spiro atoms. The van der Waals surface area contributed by atoms with Crippen LogP contribution in [-0.4, -0.2) is 21.8 Å². The number of aromatic nitrogens is 3. The van der Waals surface area contributed by atoms with E-state index in [9.17, 15) is 4.79 Å². The number of rotatable bonds is 6. The van der Waals surface area contributed by atoms with E-state index in [1.54, 1.807) is 18.4 Å². The molecule has 2 N–H and O–H groups in total. The molecular formula is C16H16N4O3. The minimum absolute atomic E-state index is 0.255. The van der Waals surface area contributed by atoms with E-state index in [1.807, 2.05) is 31.2 Å². The van der Waals surface area contributed by atoms with Crippen molar-refractivity contribution in [2.75, 3.05) is 11.9 Å². The molecule has 0 atom stereocenters. The van der Waals surface area contributed by atoms with Crippen LogP contribution >= 0.6 is 0 Å². The van der Waals surface area contributed by atoms with E-state index in [-0.39, 0.29) is 11.5 Å². The number of anilines is 2. The molecule has 0 bridgehead atoms. The average molecular weight is 312 g/mol. The smallest absolute Gasteiger partial charge is 0.274 e. The number of nitrogens with one attached hydrogen (secondary N) is 2. The third-order valence-electron chi connectivity index (χ3n) is 3.13. The van der Waals surface area contributed by atoms with Gasteiger partial charge in [0.25, 0.3) is 5.56 Å². The van der Waals surface area contributed by atoms with Gasteiger partial charge in [-0.15, -0.1) is 10.2 Å². The molecule has 1 aromatic carbocycles. The van der Waals surface area contributed by atoms with Gasteiger partial charge < -0.3 is 14.5 Å². The van der Waals surface area contributed by atoms with Gasteiger partial charge in [0.05, 0.1) is 25.0 Å². The van der Waals surface area contributed by atoms with E-state index < -0.39 is 0 Å². The largest absolute Gasteiger partial charge is 0.492 e. The predicted molar refractivity (Wildman–Crippen MR) is 85.1 cm³/mol. The first-order chi connectivity index (χ1) is 11.3. The lowest BCUT2D eigenvalue weighted by Crippen LogP contribution is -2.18. The van der Waals surface area contributed by atoms with Gasteiger partial charge in [-0.1, -0.05) is 12.1 Å². The summed E-state index contributed by atoms with van der Waals surface area (Å²) in [7, 11) is 0. The van der Waals surface area contributed by atoms with Crippen molar-refractivity contribution in [2.24, 2.45) is 0 Å². The minimum atomic E-state index is -0.312. The highest BCUT2D eigenvalue weighted by Crippen LogP contribution is 2.25. The second-order valence-corrected chi connectivity index (χ2v) is 4.76. The van der Waals surface area contributed by atoms with Gasteiger partial charge in [0.2, 0.25) is 5.95 Å². The van der Waals surface area contributed by atoms with Gasteiger partial charge in [-0.25, -0.2) is 0 Å². The number of aromatic amines is 1. The number of para-hydroxylation sites is 2. The quantitative estimate of drug-likeness (QED) is 0.726. The number of hydrogen-bond acceptors (Lipinski definition) is 6. The molecule has 2 heterocycles. The summed E-state index contributed by atoms with van der Waals surface area (Å²) in [6, 6.07) is 11.0. The molecule has 0 fully saturated rings. The number of hydrogen-bond donors (Lipinski definition) is 2. The lowest BCUT2D eigenvalue weighted by molar-refractivity contribution is 0.342. The van der Waals surface area contributed by atoms with E-state index in [0.717, 1.165) is 0 Å². The number of nitrogens with zero attached hydrogens (tertiary/aromatic N) is 2. The number of furan rings is 1. The summed E-state index contributed by atoms with van der Waals surface area (Å²) in [4.78, 5) is 14.8. The van der Waals surface area contributed by atoms with Crippen molar-refractivity contribution in [3.05, 3.63) is 64.5 Å². The molecule has 0 saturated heterocycles. The summed E-state index contributed by atoms with van der Waals surface area (Å²) in [6.45, 7) is 2.45. The first-order valence-corrected chi connectivity index (χ1v) is 7.23. The molecule has 3 rings (SSSR count). The van der Waals surface area contributed by atoms with Crippen LogP contribution in [0.1, 0.15) is 18.4 Å². The standard InChI is InChI=1S/C16H16N4O3/c1-2-22-14-8-4-3-7-12(14)17-16-18-15(21)13(19-20-16)10-11-6-5-9-23-11/h3-9H,2,10H2,1H3,(H2,17,18,20,21). The van der Waals surface area contributed by atoms with Gasteiger partial charge in [0.1, 0.15) is 17.2 Å². The van der Waals surface area contributed by atoms with Gasteiger partial charge in [0, 0.05) is 0 Å². The van der Waals surface area contributed by atoms with E-state index in [0.29, 0.717) is 35.9 Å². The fourth-order valence-corrected chi connectivity index (χ4v) is 2.09. The molecule has 0 aliphatic carbocycles. The van der Waals surface area contributed by atoms with Crippen molar-refractivity contribution in [1.82, 2.24) is 15.2 Å². The van der Waals surface area contributed by atoms with E-state index in [4.69, 9.17) is 9.15 Å². The molecule has 23 heavy (non-hydrogen) atoms. The SMILES string of the molecule is CCOc1ccccc1Nc1nnc(Cc2ccco2)c(=O)[nH]1. The summed E-state index contributed by atoms with van der Waals surface area (Å²) in [5.41, 5.74) is 0.689. The van der Waals surface area contributed by atoms with Gasteiger partial charge in [-0.3, -0.25) is 9.78 Å². The average Bonchev–Trinajstić information content (AvgIpc) is 3.05. The topological polar surface area (TPSA) is 93.0 Å². The monoisotopic (exact) mass is 312 g/mol. The molecular weight excluding hydrogens is 296 g/mol. The van der Waals surface area contributed by atoms with Crippen LogP contribution in [0.25, 0.3) is 0 Å². The maximum absolute atomic E-state index is 12.1. The number of benzene rings is 1. The molecule has 0 saturated carbocycles. The van der Waals surface area contributed by atoms with Crippen molar-refractivity contribution < 1.29 is 9.15 Å². The van der Waals surface area contributed by atoms with Crippen LogP contribution in [0, 0.1) is 0 Å². The third kappa shape index (κ3) is 3.57. The molecule has 7 nitrogen and oxygen atoms in total. The van der Waals surface area contributed by atoms with Crippen molar-refractivity contribution in [3.63, 3.8) is 0 Å². The molecule has 118 valence electrons. The Labute approximate surface area is 132 Å². The Morgan fingerprint density at radius 2 is 2.09 bits per heavy atom. The number of ether oxygens (including phenoxy) is 1. The van der Waals surface area contributed by atoms with Gasteiger partial charge in [-0.2, -0.15) is 0 Å². The molecule has 0 aliphatic rings. The van der Waals surface area contributed by atoms with E-state index in [2.05, 4.69) is 20.5 Å². The predicted octanol–water partition coefficient (Wildman–Crippen LogP) is 2.49. The first-order valence-electron chi connectivity index (χ1n) is 7.23. The summed E-state index contributed by atoms with van der Waals surface area (Å²) < 4.78 is 10.7. The Balaban J connectivity index is 1.79. The zero-order chi connectivity index (χ0) is 16.1. The van der Waals surface area contributed by atoms with Crippen molar-refractivity contribution in [3.8, 4) is 5.75 Å². The van der Waals surface area contributed by atoms with E-state index in [1.165, 1.54) is 0 Å². The lowest BCUT2D eigenvalue weighted by Gasteiger charge is -2.10. The Morgan fingerprint density at radius 3 is 2.83 bits per heavy atom. The second-order valence-electron chi connectivity index (χ2n) is 4.76. The molecule has 3 aromatic rings. The first kappa shape index (κ1) is 14.8. The van der Waals surface area contributed by atoms with Crippen LogP contribution in [0.2, 0.25) is 0 Å². The van der Waals surface area contributed by atoms with Crippen LogP contribution in [0.3, 0.4) is 0 Å². The summed E-state index contributed by atoms with van der Waals surface area (Å²) in [5.74, 6) is 1.59. The zero-order valence-electron chi connectivity index (χ0n) is 12.6. The minimum Gasteiger partial charge on any atom is -0.492 e. The molecule has 7 heteroatoms. The Bertz CT molecular complexity index is 827. The summed E-state index contributed by atoms with van der Waals surface area (Å²) in [5, 5.41) is 11.0. The summed E-state index contributed by atoms with van der Waals surface area (Å²) in [6.07, 6.45) is 1.85. The highest BCUT2D eigenvalue weighted by molar-refractivity contribution is 5.61. The van der Waals surface area contributed by atoms with Gasteiger partial charge in [-0.05, 0) is 31.2 Å². The van der Waals surface area contributed by atoms with Crippen LogP contribution in [0.5, 0.6) is 5.75 Å². The van der Waals surface area contributed by atoms with Crippen LogP contribution in [0.15, 0.2) is 51.9 Å². The second kappa shape index (κ2) is 6.78. The number of H-pyrrole nitrogens is 1. The van der Waals surface area contributed by atoms with Gasteiger partial charge >= 0.3 is 0 Å². The fourth-order valence-electron chi connectivity index (χ4n) is 2.09. The van der Waals surface area contributed by atoms with Crippen molar-refractivity contribution in [2.45, 2.75) is 13.3 Å². The molecule has 0 unspecified atom stereocenters. The molecule has 2 aromatic heterocycles. The normalized spacial score (nSPS) is 10.5. The van der Waals surface area contributed by atoms with Crippen LogP contribution < -0.4 is 15.6 Å². The van der Waals surface area contributed by atoms with Crippen molar-refractivity contribution in [1.29, 1.82) is 0 Å². The molecule has 0 amide bonds. The summed E-state index contributed by atoms with van der Waals surface area (Å²) >= 11 is 0. The molecule has 0 aliphatic heterocycles. The van der Waals surface area contributed by atoms with Crippen LogP contribution in [0.4, 0.5) is 11.6 Å². The maximum Gasteiger partial charge on any atom is 0.274 e. The third-order valence-corrected chi connectivity index (χ3v) is 3.13.